The number of benzene rings is 2. The summed E-state index contributed by atoms with van der Waals surface area (Å²) < 4.78 is 25.5. The van der Waals surface area contributed by atoms with Crippen LogP contribution < -0.4 is 11.1 Å². The summed E-state index contributed by atoms with van der Waals surface area (Å²) in [6, 6.07) is 11.6. The molecule has 0 bridgehead atoms. The summed E-state index contributed by atoms with van der Waals surface area (Å²) in [6.07, 6.45) is 8.74. The van der Waals surface area contributed by atoms with Crippen molar-refractivity contribution in [3.8, 4) is 11.1 Å². The number of amides is 1. The van der Waals surface area contributed by atoms with Gasteiger partial charge in [-0.2, -0.15) is 11.8 Å². The van der Waals surface area contributed by atoms with Crippen LogP contribution in [0.3, 0.4) is 0 Å². The zero-order valence-electron chi connectivity index (χ0n) is 23.9. The molecule has 3 unspecified atom stereocenters. The number of aliphatic carboxylic acids is 1. The maximum atomic E-state index is 13.4. The lowest BCUT2D eigenvalue weighted by molar-refractivity contribution is -0.139. The molecule has 1 fully saturated rings. The van der Waals surface area contributed by atoms with Gasteiger partial charge in [0.2, 0.25) is 0 Å². The van der Waals surface area contributed by atoms with E-state index in [9.17, 15) is 23.1 Å². The topological polar surface area (TPSA) is 127 Å². The van der Waals surface area contributed by atoms with Crippen LogP contribution >= 0.6 is 11.8 Å². The van der Waals surface area contributed by atoms with Crippen molar-refractivity contribution in [1.82, 2.24) is 5.32 Å². The minimum absolute atomic E-state index is 0.0405. The fraction of sp³-hybridized carbons (Fsp3) is 0.548. The number of nitrogens with two attached hydrogens (primary N) is 1. The molecule has 3 atom stereocenters. The van der Waals surface area contributed by atoms with Gasteiger partial charge in [0.25, 0.3) is 5.91 Å². The van der Waals surface area contributed by atoms with Gasteiger partial charge in [-0.1, -0.05) is 69.4 Å². The van der Waals surface area contributed by atoms with Crippen LogP contribution in [0.4, 0.5) is 0 Å². The molecule has 1 aliphatic carbocycles. The molecule has 2 aromatic carbocycles. The molecule has 0 spiro atoms. The maximum Gasteiger partial charge on any atom is 0.326 e. The Morgan fingerprint density at radius 1 is 1.10 bits per heavy atom. The van der Waals surface area contributed by atoms with Crippen LogP contribution in [0.5, 0.6) is 0 Å². The molecule has 40 heavy (non-hydrogen) atoms. The largest absolute Gasteiger partial charge is 0.480 e. The van der Waals surface area contributed by atoms with E-state index in [1.54, 1.807) is 19.1 Å². The Kier molecular flexibility index (Phi) is 12.1. The lowest BCUT2D eigenvalue weighted by Crippen LogP contribution is -2.41. The summed E-state index contributed by atoms with van der Waals surface area (Å²) in [7, 11) is -3.24. The number of carboxylic acid groups (broad SMARTS) is 1. The molecule has 7 nitrogen and oxygen atoms in total. The van der Waals surface area contributed by atoms with Crippen molar-refractivity contribution in [3.05, 3.63) is 59.2 Å². The highest BCUT2D eigenvalue weighted by molar-refractivity contribution is 7.98. The van der Waals surface area contributed by atoms with Crippen LogP contribution in [0.25, 0.3) is 11.1 Å². The van der Waals surface area contributed by atoms with Gasteiger partial charge in [-0.15, -0.1) is 0 Å². The SMILES string of the molecule is CCS(=O)(=O)CC(CC1CCCCC1)C(N)c1ccc(C(=O)NC(CCSC)C(=O)O)c(-c2ccccc2C)c1. The van der Waals surface area contributed by atoms with Gasteiger partial charge in [0, 0.05) is 17.4 Å². The Morgan fingerprint density at radius 3 is 2.42 bits per heavy atom. The first-order valence-corrected chi connectivity index (χ1v) is 17.5. The van der Waals surface area contributed by atoms with Gasteiger partial charge in [-0.25, -0.2) is 13.2 Å². The first kappa shape index (κ1) is 32.2. The molecule has 0 heterocycles. The monoisotopic (exact) mass is 588 g/mol. The molecule has 1 aliphatic rings. The Hall–Kier alpha value is -2.36. The molecular formula is C31H44N2O5S2. The summed E-state index contributed by atoms with van der Waals surface area (Å²) in [5.74, 6) is -0.569. The predicted octanol–water partition coefficient (Wildman–Crippen LogP) is 5.62. The molecule has 2 aromatic rings. The van der Waals surface area contributed by atoms with Crippen LogP contribution in [-0.2, 0) is 14.6 Å². The number of sulfone groups is 1. The van der Waals surface area contributed by atoms with Crippen molar-refractivity contribution in [3.63, 3.8) is 0 Å². The summed E-state index contributed by atoms with van der Waals surface area (Å²) in [4.78, 5) is 25.3. The number of carbonyl (C=O) groups excluding carboxylic acids is 1. The summed E-state index contributed by atoms with van der Waals surface area (Å²) in [5.41, 5.74) is 10.5. The van der Waals surface area contributed by atoms with E-state index in [0.29, 0.717) is 29.2 Å². The second kappa shape index (κ2) is 15.0. The van der Waals surface area contributed by atoms with Crippen LogP contribution in [-0.4, -0.2) is 55.0 Å². The van der Waals surface area contributed by atoms with Crippen molar-refractivity contribution in [2.24, 2.45) is 17.6 Å². The van der Waals surface area contributed by atoms with E-state index in [2.05, 4.69) is 5.32 Å². The van der Waals surface area contributed by atoms with Gasteiger partial charge in [0.1, 0.15) is 15.9 Å². The molecule has 1 amide bonds. The zero-order chi connectivity index (χ0) is 29.3. The highest BCUT2D eigenvalue weighted by Gasteiger charge is 2.30. The number of nitrogens with one attached hydrogen (secondary N) is 1. The van der Waals surface area contributed by atoms with Crippen molar-refractivity contribution in [2.75, 3.05) is 23.5 Å². The van der Waals surface area contributed by atoms with Crippen LogP contribution in [0.1, 0.15) is 79.4 Å². The molecule has 0 aliphatic heterocycles. The van der Waals surface area contributed by atoms with E-state index in [1.807, 2.05) is 43.5 Å². The second-order valence-electron chi connectivity index (χ2n) is 11.0. The zero-order valence-corrected chi connectivity index (χ0v) is 25.5. The molecule has 9 heteroatoms. The number of hydrogen-bond acceptors (Lipinski definition) is 6. The van der Waals surface area contributed by atoms with Gasteiger partial charge < -0.3 is 16.2 Å². The quantitative estimate of drug-likeness (QED) is 0.261. The van der Waals surface area contributed by atoms with Crippen LogP contribution in [0, 0.1) is 18.8 Å². The Labute approximate surface area is 243 Å². The van der Waals surface area contributed by atoms with Crippen molar-refractivity contribution >= 4 is 33.5 Å². The number of rotatable bonds is 14. The average molecular weight is 589 g/mol. The fourth-order valence-corrected chi connectivity index (χ4v) is 7.38. The molecule has 4 N–H and O–H groups in total. The van der Waals surface area contributed by atoms with Crippen molar-refractivity contribution in [1.29, 1.82) is 0 Å². The highest BCUT2D eigenvalue weighted by Crippen LogP contribution is 2.36. The number of carbonyl (C=O) groups is 2. The summed E-state index contributed by atoms with van der Waals surface area (Å²) in [6.45, 7) is 3.63. The molecular weight excluding hydrogens is 544 g/mol. The van der Waals surface area contributed by atoms with E-state index >= 15 is 0 Å². The first-order chi connectivity index (χ1) is 19.1. The standard InChI is InChI=1S/C31H44N2O5S2/c1-4-40(37,38)20-24(18-22-11-6-5-7-12-22)29(32)23-14-15-26(27(19-23)25-13-9-8-10-21(25)2)30(34)33-28(31(35)36)16-17-39-3/h8-10,13-15,19,22,24,28-29H,4-7,11-12,16-18,20,32H2,1-3H3,(H,33,34)(H,35,36). The Balaban J connectivity index is 2.01. The third-order valence-electron chi connectivity index (χ3n) is 8.10. The highest BCUT2D eigenvalue weighted by atomic mass is 32.2. The number of hydrogen-bond donors (Lipinski definition) is 3. The predicted molar refractivity (Wildman–Crippen MR) is 164 cm³/mol. The summed E-state index contributed by atoms with van der Waals surface area (Å²) in [5, 5.41) is 12.4. The maximum absolute atomic E-state index is 13.4. The van der Waals surface area contributed by atoms with Gasteiger partial charge in [0.05, 0.1) is 5.75 Å². The molecule has 3 rings (SSSR count). The smallest absolute Gasteiger partial charge is 0.326 e. The average Bonchev–Trinajstić information content (AvgIpc) is 2.94. The minimum Gasteiger partial charge on any atom is -0.480 e. The second-order valence-corrected chi connectivity index (χ2v) is 14.4. The molecule has 0 aromatic heterocycles. The van der Waals surface area contributed by atoms with Crippen molar-refractivity contribution < 1.29 is 23.1 Å². The fourth-order valence-electron chi connectivity index (χ4n) is 5.68. The third kappa shape index (κ3) is 8.82. The summed E-state index contributed by atoms with van der Waals surface area (Å²) >= 11 is 1.53. The van der Waals surface area contributed by atoms with Gasteiger partial charge >= 0.3 is 5.97 Å². The van der Waals surface area contributed by atoms with E-state index in [0.717, 1.165) is 36.0 Å². The Bertz CT molecular complexity index is 1260. The van der Waals surface area contributed by atoms with E-state index < -0.39 is 33.8 Å². The molecule has 0 radical (unpaired) electrons. The molecule has 1 saturated carbocycles. The van der Waals surface area contributed by atoms with E-state index in [1.165, 1.54) is 31.0 Å². The van der Waals surface area contributed by atoms with E-state index in [-0.39, 0.29) is 17.4 Å². The lowest BCUT2D eigenvalue weighted by atomic mass is 9.79. The van der Waals surface area contributed by atoms with Gasteiger partial charge in [-0.05, 0) is 78.0 Å². The van der Waals surface area contributed by atoms with Crippen LogP contribution in [0.2, 0.25) is 0 Å². The van der Waals surface area contributed by atoms with Gasteiger partial charge in [-0.3, -0.25) is 4.79 Å². The number of carboxylic acids is 1. The normalized spacial score (nSPS) is 16.7. The van der Waals surface area contributed by atoms with Crippen LogP contribution in [0.15, 0.2) is 42.5 Å². The molecule has 0 saturated heterocycles. The van der Waals surface area contributed by atoms with Gasteiger partial charge in [0.15, 0.2) is 0 Å². The number of thioether (sulfide) groups is 1. The Morgan fingerprint density at radius 2 is 1.80 bits per heavy atom. The minimum atomic E-state index is -3.24. The first-order valence-electron chi connectivity index (χ1n) is 14.2. The number of aryl methyl sites for hydroxylation is 1. The third-order valence-corrected chi connectivity index (χ3v) is 10.6. The molecule has 220 valence electrons. The van der Waals surface area contributed by atoms with Crippen molar-refractivity contribution in [2.45, 2.75) is 70.9 Å². The van der Waals surface area contributed by atoms with E-state index in [4.69, 9.17) is 5.73 Å². The lowest BCUT2D eigenvalue weighted by Gasteiger charge is -2.30.